The van der Waals surface area contributed by atoms with Crippen LogP contribution < -0.4 is 11.1 Å². The maximum atomic E-state index is 11.9. The average Bonchev–Trinajstić information content (AvgIpc) is 2.34. The second-order valence-electron chi connectivity index (χ2n) is 5.39. The number of aliphatic carboxylic acids is 1. The fourth-order valence-corrected chi connectivity index (χ4v) is 2.44. The van der Waals surface area contributed by atoms with Crippen LogP contribution in [0.3, 0.4) is 0 Å². The van der Waals surface area contributed by atoms with Crippen LogP contribution in [-0.2, 0) is 14.3 Å². The van der Waals surface area contributed by atoms with Crippen molar-refractivity contribution in [1.82, 2.24) is 5.32 Å². The molecular weight excluding hydrogens is 236 g/mol. The van der Waals surface area contributed by atoms with Crippen molar-refractivity contribution < 1.29 is 19.4 Å². The lowest BCUT2D eigenvalue weighted by Crippen LogP contribution is -2.60. The van der Waals surface area contributed by atoms with Gasteiger partial charge < -0.3 is 20.9 Å². The molecule has 1 heterocycles. The number of nitrogens with two attached hydrogens (primary N) is 1. The van der Waals surface area contributed by atoms with Crippen LogP contribution in [0.25, 0.3) is 0 Å². The van der Waals surface area contributed by atoms with E-state index >= 15 is 0 Å². The molecule has 0 atom stereocenters. The van der Waals surface area contributed by atoms with Gasteiger partial charge in [-0.2, -0.15) is 0 Å². The summed E-state index contributed by atoms with van der Waals surface area (Å²) < 4.78 is 5.18. The smallest absolute Gasteiger partial charge is 0.311 e. The van der Waals surface area contributed by atoms with Gasteiger partial charge in [-0.15, -0.1) is 0 Å². The Morgan fingerprint density at radius 1 is 1.22 bits per heavy atom. The molecule has 1 saturated carbocycles. The SMILES string of the molecule is NC1(C(=O)NCC2(C(=O)O)CCOCC2)CCC1. The van der Waals surface area contributed by atoms with Gasteiger partial charge in [0.25, 0.3) is 0 Å². The van der Waals surface area contributed by atoms with Gasteiger partial charge >= 0.3 is 5.97 Å². The minimum Gasteiger partial charge on any atom is -0.481 e. The highest BCUT2D eigenvalue weighted by molar-refractivity contribution is 5.87. The van der Waals surface area contributed by atoms with Gasteiger partial charge in [-0.05, 0) is 32.1 Å². The number of hydrogen-bond acceptors (Lipinski definition) is 4. The van der Waals surface area contributed by atoms with Crippen molar-refractivity contribution in [3.63, 3.8) is 0 Å². The van der Waals surface area contributed by atoms with Crippen LogP contribution in [0, 0.1) is 5.41 Å². The Morgan fingerprint density at radius 3 is 2.28 bits per heavy atom. The summed E-state index contributed by atoms with van der Waals surface area (Å²) in [5.41, 5.74) is 4.23. The molecule has 2 fully saturated rings. The first kappa shape index (κ1) is 13.3. The summed E-state index contributed by atoms with van der Waals surface area (Å²) in [6, 6.07) is 0. The summed E-state index contributed by atoms with van der Waals surface area (Å²) in [6.45, 7) is 0.995. The van der Waals surface area contributed by atoms with E-state index in [0.717, 1.165) is 6.42 Å². The van der Waals surface area contributed by atoms with Crippen LogP contribution in [0.2, 0.25) is 0 Å². The summed E-state index contributed by atoms with van der Waals surface area (Å²) in [6.07, 6.45) is 3.19. The Bertz CT molecular complexity index is 346. The second kappa shape index (κ2) is 4.85. The van der Waals surface area contributed by atoms with Crippen molar-refractivity contribution in [1.29, 1.82) is 0 Å². The summed E-state index contributed by atoms with van der Waals surface area (Å²) >= 11 is 0. The summed E-state index contributed by atoms with van der Waals surface area (Å²) in [5, 5.41) is 12.1. The third-order valence-electron chi connectivity index (χ3n) is 4.19. The molecule has 0 aromatic rings. The molecule has 1 saturated heterocycles. The molecule has 2 aliphatic rings. The third-order valence-corrected chi connectivity index (χ3v) is 4.19. The fraction of sp³-hybridized carbons (Fsp3) is 0.833. The van der Waals surface area contributed by atoms with E-state index in [1.165, 1.54) is 0 Å². The van der Waals surface area contributed by atoms with Gasteiger partial charge in [0.1, 0.15) is 0 Å². The van der Waals surface area contributed by atoms with Gasteiger partial charge in [-0.25, -0.2) is 0 Å². The van der Waals surface area contributed by atoms with Gasteiger partial charge in [-0.1, -0.05) is 0 Å². The number of carboxylic acid groups (broad SMARTS) is 1. The lowest BCUT2D eigenvalue weighted by atomic mass is 9.76. The van der Waals surface area contributed by atoms with E-state index in [2.05, 4.69) is 5.32 Å². The molecule has 0 radical (unpaired) electrons. The Morgan fingerprint density at radius 2 is 1.83 bits per heavy atom. The number of carbonyl (C=O) groups is 2. The van der Waals surface area contributed by atoms with Crippen molar-refractivity contribution >= 4 is 11.9 Å². The number of rotatable bonds is 4. The first-order valence-electron chi connectivity index (χ1n) is 6.37. The molecule has 102 valence electrons. The Hall–Kier alpha value is -1.14. The van der Waals surface area contributed by atoms with E-state index in [1.54, 1.807) is 0 Å². The molecule has 1 aliphatic heterocycles. The molecule has 0 aromatic carbocycles. The molecule has 0 bridgehead atoms. The first-order valence-corrected chi connectivity index (χ1v) is 6.37. The number of nitrogens with one attached hydrogen (secondary N) is 1. The van der Waals surface area contributed by atoms with Gasteiger partial charge in [-0.3, -0.25) is 9.59 Å². The van der Waals surface area contributed by atoms with Crippen LogP contribution in [0.5, 0.6) is 0 Å². The Balaban J connectivity index is 1.93. The predicted molar refractivity (Wildman–Crippen MR) is 63.9 cm³/mol. The monoisotopic (exact) mass is 256 g/mol. The summed E-state index contributed by atoms with van der Waals surface area (Å²) in [7, 11) is 0. The van der Waals surface area contributed by atoms with Crippen LogP contribution in [0.4, 0.5) is 0 Å². The molecule has 0 unspecified atom stereocenters. The zero-order valence-electron chi connectivity index (χ0n) is 10.4. The number of hydrogen-bond donors (Lipinski definition) is 3. The third kappa shape index (κ3) is 2.35. The quantitative estimate of drug-likeness (QED) is 0.650. The highest BCUT2D eigenvalue weighted by Crippen LogP contribution is 2.32. The Kier molecular flexibility index (Phi) is 3.59. The van der Waals surface area contributed by atoms with Crippen molar-refractivity contribution in [3.8, 4) is 0 Å². The van der Waals surface area contributed by atoms with Gasteiger partial charge in [0.05, 0.1) is 11.0 Å². The van der Waals surface area contributed by atoms with Crippen LogP contribution >= 0.6 is 0 Å². The van der Waals surface area contributed by atoms with Crippen molar-refractivity contribution in [2.75, 3.05) is 19.8 Å². The number of carboxylic acids is 1. The van der Waals surface area contributed by atoms with Crippen LogP contribution in [-0.4, -0.2) is 42.3 Å². The highest BCUT2D eigenvalue weighted by atomic mass is 16.5. The molecule has 1 amide bonds. The van der Waals surface area contributed by atoms with E-state index in [4.69, 9.17) is 10.5 Å². The van der Waals surface area contributed by atoms with E-state index < -0.39 is 16.9 Å². The van der Waals surface area contributed by atoms with Gasteiger partial charge in [0.15, 0.2) is 0 Å². The van der Waals surface area contributed by atoms with Crippen molar-refractivity contribution in [3.05, 3.63) is 0 Å². The molecule has 1 aliphatic carbocycles. The zero-order chi connectivity index (χ0) is 13.2. The maximum absolute atomic E-state index is 11.9. The first-order chi connectivity index (χ1) is 8.49. The van der Waals surface area contributed by atoms with E-state index in [9.17, 15) is 14.7 Å². The largest absolute Gasteiger partial charge is 0.481 e. The summed E-state index contributed by atoms with van der Waals surface area (Å²) in [4.78, 5) is 23.3. The second-order valence-corrected chi connectivity index (χ2v) is 5.39. The standard InChI is InChI=1S/C12H20N2O4/c13-12(2-1-3-12)9(15)14-8-11(10(16)17)4-6-18-7-5-11/h1-8,13H2,(H,14,15)(H,16,17). The van der Waals surface area contributed by atoms with Crippen LogP contribution in [0.15, 0.2) is 0 Å². The van der Waals surface area contributed by atoms with E-state index in [0.29, 0.717) is 38.9 Å². The molecule has 6 heteroatoms. The van der Waals surface area contributed by atoms with Gasteiger partial charge in [0, 0.05) is 19.8 Å². The molecule has 18 heavy (non-hydrogen) atoms. The molecule has 0 aromatic heterocycles. The number of amides is 1. The topological polar surface area (TPSA) is 102 Å². The number of carbonyl (C=O) groups excluding carboxylic acids is 1. The zero-order valence-corrected chi connectivity index (χ0v) is 10.4. The molecule has 0 spiro atoms. The average molecular weight is 256 g/mol. The highest BCUT2D eigenvalue weighted by Gasteiger charge is 2.44. The Labute approximate surface area is 106 Å². The number of ether oxygens (including phenoxy) is 1. The van der Waals surface area contributed by atoms with Crippen molar-refractivity contribution in [2.24, 2.45) is 11.1 Å². The fourth-order valence-electron chi connectivity index (χ4n) is 2.44. The lowest BCUT2D eigenvalue weighted by molar-refractivity contribution is -0.155. The molecule has 4 N–H and O–H groups in total. The maximum Gasteiger partial charge on any atom is 0.311 e. The molecule has 2 rings (SSSR count). The lowest BCUT2D eigenvalue weighted by Gasteiger charge is -2.38. The minimum absolute atomic E-state index is 0.142. The molecular formula is C12H20N2O4. The van der Waals surface area contributed by atoms with E-state index in [1.807, 2.05) is 0 Å². The minimum atomic E-state index is -0.895. The van der Waals surface area contributed by atoms with Crippen molar-refractivity contribution in [2.45, 2.75) is 37.6 Å². The van der Waals surface area contributed by atoms with Crippen LogP contribution in [0.1, 0.15) is 32.1 Å². The van der Waals surface area contributed by atoms with E-state index in [-0.39, 0.29) is 12.5 Å². The molecule has 6 nitrogen and oxygen atoms in total. The normalized spacial score (nSPS) is 24.9. The van der Waals surface area contributed by atoms with Gasteiger partial charge in [0.2, 0.25) is 5.91 Å². The summed E-state index contributed by atoms with van der Waals surface area (Å²) in [5.74, 6) is -1.09. The predicted octanol–water partition coefficient (Wildman–Crippen LogP) is -0.135.